The van der Waals surface area contributed by atoms with Gasteiger partial charge in [0.25, 0.3) is 5.91 Å². The summed E-state index contributed by atoms with van der Waals surface area (Å²) in [7, 11) is 0. The van der Waals surface area contributed by atoms with Gasteiger partial charge in [-0.2, -0.15) is 0 Å². The third-order valence-electron chi connectivity index (χ3n) is 4.68. The van der Waals surface area contributed by atoms with Crippen molar-refractivity contribution in [2.45, 2.75) is 44.8 Å². The van der Waals surface area contributed by atoms with Crippen molar-refractivity contribution in [3.05, 3.63) is 16.5 Å². The molecule has 2 amide bonds. The van der Waals surface area contributed by atoms with Gasteiger partial charge in [-0.25, -0.2) is 0 Å². The van der Waals surface area contributed by atoms with E-state index in [2.05, 4.69) is 5.32 Å². The zero-order valence-electron chi connectivity index (χ0n) is 13.4. The number of primary amides is 1. The minimum Gasteiger partial charge on any atom is -0.481 e. The van der Waals surface area contributed by atoms with Crippen LogP contribution in [-0.2, 0) is 14.3 Å². The van der Waals surface area contributed by atoms with E-state index in [0.29, 0.717) is 17.8 Å². The van der Waals surface area contributed by atoms with E-state index < -0.39 is 35.7 Å². The molecule has 0 aliphatic carbocycles. The summed E-state index contributed by atoms with van der Waals surface area (Å²) in [6.07, 6.45) is 0.553. The second-order valence-corrected chi connectivity index (χ2v) is 7.66. The maximum atomic E-state index is 12.7. The molecule has 4 atom stereocenters. The number of hydrogen-bond donors (Lipinski definition) is 3. The zero-order chi connectivity index (χ0) is 17.6. The van der Waals surface area contributed by atoms with Crippen molar-refractivity contribution in [1.29, 1.82) is 0 Å². The predicted octanol–water partition coefficient (Wildman–Crippen LogP) is 1.79. The molecule has 0 radical (unpaired) electrons. The third-order valence-corrected chi connectivity index (χ3v) is 6.03. The van der Waals surface area contributed by atoms with E-state index in [1.165, 1.54) is 11.3 Å². The Morgan fingerprint density at radius 1 is 1.29 bits per heavy atom. The number of amides is 2. The Balaban J connectivity index is 1.84. The quantitative estimate of drug-likeness (QED) is 0.746. The number of rotatable bonds is 5. The number of aliphatic carboxylic acids is 1. The molecule has 1 aromatic heterocycles. The molecule has 4 N–H and O–H groups in total. The fourth-order valence-electron chi connectivity index (χ4n) is 3.49. The van der Waals surface area contributed by atoms with Crippen LogP contribution in [0, 0.1) is 11.8 Å². The minimum absolute atomic E-state index is 0.191. The van der Waals surface area contributed by atoms with E-state index in [4.69, 9.17) is 10.5 Å². The van der Waals surface area contributed by atoms with Gasteiger partial charge in [-0.3, -0.25) is 14.4 Å². The first kappa shape index (κ1) is 16.9. The summed E-state index contributed by atoms with van der Waals surface area (Å²) in [5, 5.41) is 12.5. The van der Waals surface area contributed by atoms with Gasteiger partial charge in [-0.1, -0.05) is 13.8 Å². The molecule has 24 heavy (non-hydrogen) atoms. The van der Waals surface area contributed by atoms with E-state index in [-0.39, 0.29) is 17.6 Å². The molecule has 130 valence electrons. The van der Waals surface area contributed by atoms with Gasteiger partial charge in [0, 0.05) is 4.88 Å². The summed E-state index contributed by atoms with van der Waals surface area (Å²) >= 11 is 1.29. The Labute approximate surface area is 143 Å². The van der Waals surface area contributed by atoms with Crippen molar-refractivity contribution in [2.24, 2.45) is 17.6 Å². The largest absolute Gasteiger partial charge is 0.481 e. The lowest BCUT2D eigenvalue weighted by Gasteiger charge is -2.23. The zero-order valence-corrected chi connectivity index (χ0v) is 14.3. The van der Waals surface area contributed by atoms with Gasteiger partial charge in [0.1, 0.15) is 5.00 Å². The smallest absolute Gasteiger partial charge is 0.310 e. The molecule has 2 aliphatic heterocycles. The van der Waals surface area contributed by atoms with Crippen molar-refractivity contribution in [2.75, 3.05) is 5.32 Å². The number of carboxylic acid groups (broad SMARTS) is 1. The number of thiophene rings is 1. The number of carbonyl (C=O) groups is 3. The average Bonchev–Trinajstić information content (AvgIpc) is 3.19. The summed E-state index contributed by atoms with van der Waals surface area (Å²) < 4.78 is 5.61. The van der Waals surface area contributed by atoms with Gasteiger partial charge in [-0.15, -0.1) is 11.3 Å². The molecule has 0 aromatic carbocycles. The normalized spacial score (nSPS) is 28.3. The Bertz CT molecular complexity index is 699. The highest BCUT2D eigenvalue weighted by molar-refractivity contribution is 7.16. The van der Waals surface area contributed by atoms with Crippen molar-refractivity contribution in [3.8, 4) is 0 Å². The number of carbonyl (C=O) groups excluding carboxylic acids is 2. The SMILES string of the molecule is CC(C)c1cc(C(N)=O)c(NC(=O)[C@@H]2[C@H](C(=O)O)[C@H]3CC[C@H]2O3)s1. The van der Waals surface area contributed by atoms with Crippen LogP contribution in [0.2, 0.25) is 0 Å². The van der Waals surface area contributed by atoms with Crippen LogP contribution in [0.3, 0.4) is 0 Å². The van der Waals surface area contributed by atoms with E-state index in [1.54, 1.807) is 6.07 Å². The average molecular weight is 352 g/mol. The topological polar surface area (TPSA) is 119 Å². The second-order valence-electron chi connectivity index (χ2n) is 6.58. The monoisotopic (exact) mass is 352 g/mol. The fraction of sp³-hybridized carbons (Fsp3) is 0.562. The molecule has 3 rings (SSSR count). The lowest BCUT2D eigenvalue weighted by Crippen LogP contribution is -2.41. The van der Waals surface area contributed by atoms with Gasteiger partial charge in [0.15, 0.2) is 0 Å². The summed E-state index contributed by atoms with van der Waals surface area (Å²) in [5.74, 6) is -3.46. The Morgan fingerprint density at radius 3 is 2.46 bits per heavy atom. The first-order valence-corrected chi connectivity index (χ1v) is 8.74. The molecular formula is C16H20N2O5S. The molecule has 7 nitrogen and oxygen atoms in total. The molecule has 2 fully saturated rings. The summed E-state index contributed by atoms with van der Waals surface area (Å²) in [5.41, 5.74) is 5.65. The first-order valence-electron chi connectivity index (χ1n) is 7.92. The summed E-state index contributed by atoms with van der Waals surface area (Å²) in [4.78, 5) is 36.7. The molecule has 2 bridgehead atoms. The van der Waals surface area contributed by atoms with Crippen LogP contribution in [-0.4, -0.2) is 35.1 Å². The van der Waals surface area contributed by atoms with Crippen molar-refractivity contribution in [1.82, 2.24) is 0 Å². The predicted molar refractivity (Wildman–Crippen MR) is 88.1 cm³/mol. The second kappa shape index (κ2) is 6.18. The van der Waals surface area contributed by atoms with E-state index in [9.17, 15) is 19.5 Å². The number of ether oxygens (including phenoxy) is 1. The number of carboxylic acids is 1. The minimum atomic E-state index is -1.02. The van der Waals surface area contributed by atoms with Gasteiger partial charge >= 0.3 is 5.97 Å². The number of nitrogens with two attached hydrogens (primary N) is 1. The molecule has 0 spiro atoms. The van der Waals surface area contributed by atoms with E-state index in [0.717, 1.165) is 4.88 Å². The van der Waals surface area contributed by atoms with Crippen molar-refractivity contribution in [3.63, 3.8) is 0 Å². The van der Waals surface area contributed by atoms with Crippen LogP contribution in [0.1, 0.15) is 47.8 Å². The first-order chi connectivity index (χ1) is 11.3. The standard InChI is InChI=1S/C16H20N2O5S/c1-6(2)10-5-7(13(17)19)15(24-10)18-14(20)11-8-3-4-9(23-8)12(11)16(21)22/h5-6,8-9,11-12H,3-4H2,1-2H3,(H2,17,19)(H,18,20)(H,21,22)/t8-,9-,11+,12-/m1/s1. The van der Waals surface area contributed by atoms with Gasteiger partial charge in [0.05, 0.1) is 29.6 Å². The van der Waals surface area contributed by atoms with E-state index >= 15 is 0 Å². The van der Waals surface area contributed by atoms with Crippen LogP contribution in [0.5, 0.6) is 0 Å². The lowest BCUT2D eigenvalue weighted by molar-refractivity contribution is -0.147. The third kappa shape index (κ3) is 2.80. The van der Waals surface area contributed by atoms with Crippen LogP contribution in [0.25, 0.3) is 0 Å². The van der Waals surface area contributed by atoms with Crippen LogP contribution in [0.4, 0.5) is 5.00 Å². The van der Waals surface area contributed by atoms with Gasteiger partial charge in [0.2, 0.25) is 5.91 Å². The molecule has 0 unspecified atom stereocenters. The molecule has 3 heterocycles. The van der Waals surface area contributed by atoms with E-state index in [1.807, 2.05) is 13.8 Å². The molecule has 8 heteroatoms. The Hall–Kier alpha value is -1.93. The van der Waals surface area contributed by atoms with Gasteiger partial charge in [-0.05, 0) is 24.8 Å². The molecule has 0 saturated carbocycles. The highest BCUT2D eigenvalue weighted by Gasteiger charge is 2.55. The maximum Gasteiger partial charge on any atom is 0.310 e. The number of hydrogen-bond acceptors (Lipinski definition) is 5. The Kier molecular flexibility index (Phi) is 4.35. The molecule has 2 saturated heterocycles. The lowest BCUT2D eigenvalue weighted by atomic mass is 9.79. The molecule has 1 aromatic rings. The van der Waals surface area contributed by atoms with Crippen LogP contribution in [0.15, 0.2) is 6.07 Å². The number of anilines is 1. The number of fused-ring (bicyclic) bond motifs is 2. The molecular weight excluding hydrogens is 332 g/mol. The van der Waals surface area contributed by atoms with Crippen LogP contribution >= 0.6 is 11.3 Å². The summed E-state index contributed by atoms with van der Waals surface area (Å²) in [6, 6.07) is 1.68. The maximum absolute atomic E-state index is 12.7. The summed E-state index contributed by atoms with van der Waals surface area (Å²) in [6.45, 7) is 3.96. The highest BCUT2D eigenvalue weighted by atomic mass is 32.1. The van der Waals surface area contributed by atoms with Crippen molar-refractivity contribution < 1.29 is 24.2 Å². The van der Waals surface area contributed by atoms with Crippen molar-refractivity contribution >= 4 is 34.1 Å². The highest BCUT2D eigenvalue weighted by Crippen LogP contribution is 2.44. The molecule has 2 aliphatic rings. The van der Waals surface area contributed by atoms with Crippen LogP contribution < -0.4 is 11.1 Å². The number of nitrogens with one attached hydrogen (secondary N) is 1. The fourth-order valence-corrected chi connectivity index (χ4v) is 4.56. The Morgan fingerprint density at radius 2 is 1.92 bits per heavy atom. The van der Waals surface area contributed by atoms with Gasteiger partial charge < -0.3 is 20.9 Å².